The number of hydrogen-bond donors (Lipinski definition) is 1. The van der Waals surface area contributed by atoms with Gasteiger partial charge in [0.25, 0.3) is 0 Å². The summed E-state index contributed by atoms with van der Waals surface area (Å²) >= 11 is 2.84. The maximum atomic E-state index is 12.4. The second-order valence-electron chi connectivity index (χ2n) is 6.02. The maximum Gasteiger partial charge on any atom is 0.236 e. The molecule has 4 aromatic rings. The molecule has 0 aliphatic heterocycles. The number of hydrogen-bond acceptors (Lipinski definition) is 7. The molecule has 3 aromatic heterocycles. The second-order valence-corrected chi connectivity index (χ2v) is 7.99. The van der Waals surface area contributed by atoms with Crippen LogP contribution in [0.15, 0.2) is 53.9 Å². The van der Waals surface area contributed by atoms with Gasteiger partial charge in [-0.15, -0.1) is 10.2 Å². The van der Waals surface area contributed by atoms with Crippen LogP contribution in [0.4, 0.5) is 5.13 Å². The summed E-state index contributed by atoms with van der Waals surface area (Å²) in [4.78, 5) is 20.9. The van der Waals surface area contributed by atoms with Gasteiger partial charge in [-0.2, -0.15) is 0 Å². The van der Waals surface area contributed by atoms with Crippen molar-refractivity contribution in [2.75, 3.05) is 11.1 Å². The van der Waals surface area contributed by atoms with Crippen LogP contribution in [0.5, 0.6) is 0 Å². The molecule has 1 N–H and O–H groups in total. The van der Waals surface area contributed by atoms with E-state index in [0.29, 0.717) is 5.13 Å². The molecule has 0 spiro atoms. The van der Waals surface area contributed by atoms with Gasteiger partial charge < -0.3 is 9.88 Å². The molecule has 142 valence electrons. The highest BCUT2D eigenvalue weighted by Crippen LogP contribution is 2.27. The standard InChI is InChI=1S/C19H18N6OS2/c1-2-11-25-17(13-7-9-20-10-8-13)23-24-19(25)27-12-16(26)22-18-21-14-5-3-4-6-15(14)28-18/h3-10H,2,11-12H2,1H3,(H,21,22,26). The summed E-state index contributed by atoms with van der Waals surface area (Å²) in [5.74, 6) is 0.924. The van der Waals surface area contributed by atoms with E-state index >= 15 is 0 Å². The lowest BCUT2D eigenvalue weighted by atomic mass is 10.2. The van der Waals surface area contributed by atoms with Gasteiger partial charge >= 0.3 is 0 Å². The monoisotopic (exact) mass is 410 g/mol. The van der Waals surface area contributed by atoms with E-state index in [0.717, 1.165) is 39.7 Å². The molecule has 0 saturated carbocycles. The number of fused-ring (bicyclic) bond motifs is 1. The maximum absolute atomic E-state index is 12.4. The first-order valence-electron chi connectivity index (χ1n) is 8.86. The molecule has 9 heteroatoms. The van der Waals surface area contributed by atoms with Crippen LogP contribution in [0.25, 0.3) is 21.6 Å². The van der Waals surface area contributed by atoms with Crippen LogP contribution in [0.2, 0.25) is 0 Å². The van der Waals surface area contributed by atoms with Gasteiger partial charge in [0.1, 0.15) is 0 Å². The van der Waals surface area contributed by atoms with Crippen LogP contribution in [-0.4, -0.2) is 36.4 Å². The fraction of sp³-hybridized carbons (Fsp3) is 0.211. The predicted octanol–water partition coefficient (Wildman–Crippen LogP) is 4.09. The summed E-state index contributed by atoms with van der Waals surface area (Å²) in [6.07, 6.45) is 4.42. The van der Waals surface area contributed by atoms with E-state index < -0.39 is 0 Å². The Bertz CT molecular complexity index is 1060. The van der Waals surface area contributed by atoms with E-state index in [-0.39, 0.29) is 11.7 Å². The molecule has 0 bridgehead atoms. The van der Waals surface area contributed by atoms with Gasteiger partial charge in [-0.1, -0.05) is 42.2 Å². The number of nitrogens with zero attached hydrogens (tertiary/aromatic N) is 5. The Morgan fingerprint density at radius 1 is 1.18 bits per heavy atom. The van der Waals surface area contributed by atoms with E-state index in [4.69, 9.17) is 0 Å². The minimum atomic E-state index is -0.111. The molecule has 1 aromatic carbocycles. The van der Waals surface area contributed by atoms with Crippen LogP contribution < -0.4 is 5.32 Å². The van der Waals surface area contributed by atoms with Crippen LogP contribution in [-0.2, 0) is 11.3 Å². The van der Waals surface area contributed by atoms with Gasteiger partial charge in [0.2, 0.25) is 5.91 Å². The number of nitrogens with one attached hydrogen (secondary N) is 1. The summed E-state index contributed by atoms with van der Waals surface area (Å²) in [5.41, 5.74) is 1.85. The zero-order valence-corrected chi connectivity index (χ0v) is 16.8. The number of rotatable bonds is 7. The Kier molecular flexibility index (Phi) is 5.63. The quantitative estimate of drug-likeness (QED) is 0.462. The lowest BCUT2D eigenvalue weighted by molar-refractivity contribution is -0.113. The molecule has 0 atom stereocenters. The van der Waals surface area contributed by atoms with E-state index in [9.17, 15) is 4.79 Å². The van der Waals surface area contributed by atoms with Gasteiger partial charge in [0.05, 0.1) is 16.0 Å². The topological polar surface area (TPSA) is 85.6 Å². The SMILES string of the molecule is CCCn1c(SCC(=O)Nc2nc3ccccc3s2)nnc1-c1ccncc1. The predicted molar refractivity (Wildman–Crippen MR) is 113 cm³/mol. The number of pyridine rings is 1. The minimum Gasteiger partial charge on any atom is -0.302 e. The summed E-state index contributed by atoms with van der Waals surface area (Å²) in [5, 5.41) is 12.8. The molecule has 0 aliphatic rings. The summed E-state index contributed by atoms with van der Waals surface area (Å²) in [6, 6.07) is 11.6. The Morgan fingerprint density at radius 3 is 2.79 bits per heavy atom. The molecule has 1 amide bonds. The molecule has 4 rings (SSSR count). The van der Waals surface area contributed by atoms with Crippen molar-refractivity contribution in [3.05, 3.63) is 48.8 Å². The summed E-state index contributed by atoms with van der Waals surface area (Å²) in [6.45, 7) is 2.89. The normalized spacial score (nSPS) is 11.0. The Balaban J connectivity index is 1.45. The molecule has 3 heterocycles. The van der Waals surface area contributed by atoms with Crippen LogP contribution in [0.1, 0.15) is 13.3 Å². The number of thiazole rings is 1. The Hall–Kier alpha value is -2.78. The molecule has 28 heavy (non-hydrogen) atoms. The average molecular weight is 411 g/mol. The first-order valence-corrected chi connectivity index (χ1v) is 10.7. The van der Waals surface area contributed by atoms with Crippen molar-refractivity contribution in [2.45, 2.75) is 25.0 Å². The number of benzene rings is 1. The van der Waals surface area contributed by atoms with Gasteiger partial charge in [0.15, 0.2) is 16.1 Å². The number of aromatic nitrogens is 5. The molecule has 0 fully saturated rings. The molecule has 0 unspecified atom stereocenters. The third-order valence-electron chi connectivity index (χ3n) is 3.98. The lowest BCUT2D eigenvalue weighted by Gasteiger charge is -2.08. The van der Waals surface area contributed by atoms with Crippen molar-refractivity contribution in [1.82, 2.24) is 24.7 Å². The van der Waals surface area contributed by atoms with E-state index in [2.05, 4.69) is 32.4 Å². The minimum absolute atomic E-state index is 0.111. The number of thioether (sulfide) groups is 1. The van der Waals surface area contributed by atoms with Crippen LogP contribution in [0.3, 0.4) is 0 Å². The molecule has 0 saturated heterocycles. The number of amides is 1. The van der Waals surface area contributed by atoms with Crippen LogP contribution >= 0.6 is 23.1 Å². The summed E-state index contributed by atoms with van der Waals surface area (Å²) in [7, 11) is 0. The number of carbonyl (C=O) groups is 1. The van der Waals surface area contributed by atoms with Crippen molar-refractivity contribution in [2.24, 2.45) is 0 Å². The Labute approximate surface area is 170 Å². The van der Waals surface area contributed by atoms with Gasteiger partial charge in [-0.25, -0.2) is 4.98 Å². The first kappa shape index (κ1) is 18.6. The number of para-hydroxylation sites is 1. The molecule has 0 radical (unpaired) electrons. The van der Waals surface area contributed by atoms with Crippen molar-refractivity contribution >= 4 is 44.4 Å². The van der Waals surface area contributed by atoms with Gasteiger partial charge in [-0.3, -0.25) is 9.78 Å². The molecule has 7 nitrogen and oxygen atoms in total. The zero-order valence-electron chi connectivity index (χ0n) is 15.2. The van der Waals surface area contributed by atoms with E-state index in [1.165, 1.54) is 23.1 Å². The average Bonchev–Trinajstić information content (AvgIpc) is 3.30. The van der Waals surface area contributed by atoms with Gasteiger partial charge in [-0.05, 0) is 30.7 Å². The summed E-state index contributed by atoms with van der Waals surface area (Å²) < 4.78 is 3.10. The Morgan fingerprint density at radius 2 is 2.00 bits per heavy atom. The third kappa shape index (κ3) is 4.05. The second kappa shape index (κ2) is 8.49. The number of anilines is 1. The largest absolute Gasteiger partial charge is 0.302 e. The molecular weight excluding hydrogens is 392 g/mol. The van der Waals surface area contributed by atoms with Crippen molar-refractivity contribution in [3.8, 4) is 11.4 Å². The van der Waals surface area contributed by atoms with Crippen molar-refractivity contribution < 1.29 is 4.79 Å². The highest BCUT2D eigenvalue weighted by atomic mass is 32.2. The first-order chi connectivity index (χ1) is 13.7. The van der Waals surface area contributed by atoms with E-state index in [1.54, 1.807) is 12.4 Å². The van der Waals surface area contributed by atoms with Crippen molar-refractivity contribution in [1.29, 1.82) is 0 Å². The lowest BCUT2D eigenvalue weighted by Crippen LogP contribution is -2.14. The highest BCUT2D eigenvalue weighted by molar-refractivity contribution is 7.99. The third-order valence-corrected chi connectivity index (χ3v) is 5.89. The number of carbonyl (C=O) groups excluding carboxylic acids is 1. The fourth-order valence-corrected chi connectivity index (χ4v) is 4.39. The van der Waals surface area contributed by atoms with Crippen molar-refractivity contribution in [3.63, 3.8) is 0 Å². The van der Waals surface area contributed by atoms with Gasteiger partial charge in [0, 0.05) is 24.5 Å². The highest BCUT2D eigenvalue weighted by Gasteiger charge is 2.16. The fourth-order valence-electron chi connectivity index (χ4n) is 2.75. The van der Waals surface area contributed by atoms with Crippen LogP contribution in [0, 0.1) is 0 Å². The molecule has 0 aliphatic carbocycles. The van der Waals surface area contributed by atoms with E-state index in [1.807, 2.05) is 41.0 Å². The molecular formula is C19H18N6OS2. The smallest absolute Gasteiger partial charge is 0.236 e. The zero-order chi connectivity index (χ0) is 19.3.